The van der Waals surface area contributed by atoms with E-state index < -0.39 is 0 Å². The number of rotatable bonds is 2. The molecule has 0 aliphatic carbocycles. The Bertz CT molecular complexity index is 551. The number of aryl methyl sites for hydroxylation is 1. The number of hydrogen-bond donors (Lipinski definition) is 1. The van der Waals surface area contributed by atoms with Crippen LogP contribution < -0.4 is 5.32 Å². The van der Waals surface area contributed by atoms with Crippen LogP contribution in [0.5, 0.6) is 0 Å². The summed E-state index contributed by atoms with van der Waals surface area (Å²) in [6.07, 6.45) is 1.66. The Morgan fingerprint density at radius 2 is 2.17 bits per heavy atom. The maximum atomic E-state index is 12.2. The maximum Gasteiger partial charge on any atom is 0.275 e. The van der Waals surface area contributed by atoms with Crippen LogP contribution in [0.15, 0.2) is 17.6 Å². The molecule has 96 valence electrons. The lowest BCUT2D eigenvalue weighted by atomic mass is 10.1. The van der Waals surface area contributed by atoms with E-state index in [9.17, 15) is 4.79 Å². The number of carbonyl (C=O) groups is 1. The molecule has 5 nitrogen and oxygen atoms in total. The minimum Gasteiger partial charge on any atom is -0.297 e. The standard InChI is InChI=1S/C12H16N4OS/c1-8-7-9(16(15-8)12(2,3)4)10(17)14-11-13-5-6-18-11/h5-7H,1-4H3,(H,13,14,17). The van der Waals surface area contributed by atoms with Crippen LogP contribution in [0, 0.1) is 6.92 Å². The van der Waals surface area contributed by atoms with Gasteiger partial charge in [-0.25, -0.2) is 4.98 Å². The average Bonchev–Trinajstić information content (AvgIpc) is 2.85. The normalized spacial score (nSPS) is 11.6. The van der Waals surface area contributed by atoms with Gasteiger partial charge in [0.25, 0.3) is 5.91 Å². The fourth-order valence-electron chi connectivity index (χ4n) is 1.62. The first-order valence-electron chi connectivity index (χ1n) is 5.66. The molecule has 18 heavy (non-hydrogen) atoms. The molecule has 1 N–H and O–H groups in total. The van der Waals surface area contributed by atoms with E-state index in [0.717, 1.165) is 5.69 Å². The monoisotopic (exact) mass is 264 g/mol. The van der Waals surface area contributed by atoms with Crippen molar-refractivity contribution in [3.8, 4) is 0 Å². The quantitative estimate of drug-likeness (QED) is 0.907. The first-order chi connectivity index (χ1) is 8.38. The number of hydrogen-bond acceptors (Lipinski definition) is 4. The molecule has 0 unspecified atom stereocenters. The Hall–Kier alpha value is -1.69. The number of anilines is 1. The van der Waals surface area contributed by atoms with Gasteiger partial charge >= 0.3 is 0 Å². The highest BCUT2D eigenvalue weighted by atomic mass is 32.1. The molecule has 0 radical (unpaired) electrons. The molecule has 0 aliphatic rings. The lowest BCUT2D eigenvalue weighted by Crippen LogP contribution is -2.29. The first-order valence-corrected chi connectivity index (χ1v) is 6.54. The van der Waals surface area contributed by atoms with Crippen molar-refractivity contribution in [2.45, 2.75) is 33.2 Å². The van der Waals surface area contributed by atoms with E-state index in [4.69, 9.17) is 0 Å². The predicted molar refractivity (Wildman–Crippen MR) is 72.0 cm³/mol. The molecule has 2 aromatic heterocycles. The second-order valence-electron chi connectivity index (χ2n) is 5.04. The summed E-state index contributed by atoms with van der Waals surface area (Å²) in [5.74, 6) is -0.180. The highest BCUT2D eigenvalue weighted by Crippen LogP contribution is 2.19. The van der Waals surface area contributed by atoms with Gasteiger partial charge in [-0.1, -0.05) is 0 Å². The average molecular weight is 264 g/mol. The maximum absolute atomic E-state index is 12.2. The van der Waals surface area contributed by atoms with E-state index >= 15 is 0 Å². The third-order valence-electron chi connectivity index (χ3n) is 2.35. The van der Waals surface area contributed by atoms with Crippen molar-refractivity contribution < 1.29 is 4.79 Å². The highest BCUT2D eigenvalue weighted by molar-refractivity contribution is 7.13. The molecule has 0 saturated carbocycles. The summed E-state index contributed by atoms with van der Waals surface area (Å²) in [5.41, 5.74) is 1.15. The van der Waals surface area contributed by atoms with Gasteiger partial charge in [0.2, 0.25) is 0 Å². The summed E-state index contributed by atoms with van der Waals surface area (Å²) in [7, 11) is 0. The van der Waals surface area contributed by atoms with Crippen molar-refractivity contribution in [3.05, 3.63) is 29.0 Å². The van der Waals surface area contributed by atoms with Crippen molar-refractivity contribution in [1.82, 2.24) is 14.8 Å². The third-order valence-corrected chi connectivity index (χ3v) is 3.04. The van der Waals surface area contributed by atoms with Crippen LogP contribution in [-0.2, 0) is 5.54 Å². The number of nitrogens with one attached hydrogen (secondary N) is 1. The summed E-state index contributed by atoms with van der Waals surface area (Å²) in [6, 6.07) is 1.79. The molecule has 0 aliphatic heterocycles. The first kappa shape index (κ1) is 12.8. The Kier molecular flexibility index (Phi) is 3.21. The number of amides is 1. The molecule has 2 heterocycles. The fourth-order valence-corrected chi connectivity index (χ4v) is 2.14. The van der Waals surface area contributed by atoms with Crippen molar-refractivity contribution in [2.24, 2.45) is 0 Å². The lowest BCUT2D eigenvalue weighted by Gasteiger charge is -2.21. The number of carbonyl (C=O) groups excluding carboxylic acids is 1. The van der Waals surface area contributed by atoms with Gasteiger partial charge in [-0.3, -0.25) is 14.8 Å². The molecular weight excluding hydrogens is 248 g/mol. The van der Waals surface area contributed by atoms with Gasteiger partial charge in [-0.2, -0.15) is 5.10 Å². The Labute approximate surface area is 110 Å². The number of thiazole rings is 1. The minimum atomic E-state index is -0.232. The van der Waals surface area contributed by atoms with Crippen LogP contribution >= 0.6 is 11.3 Å². The smallest absolute Gasteiger partial charge is 0.275 e. The van der Waals surface area contributed by atoms with Gasteiger partial charge in [0.1, 0.15) is 5.69 Å². The number of nitrogens with zero attached hydrogens (tertiary/aromatic N) is 3. The second kappa shape index (κ2) is 4.53. The van der Waals surface area contributed by atoms with Gasteiger partial charge in [0.15, 0.2) is 5.13 Å². The van der Waals surface area contributed by atoms with Crippen molar-refractivity contribution >= 4 is 22.4 Å². The molecule has 0 atom stereocenters. The molecule has 6 heteroatoms. The lowest BCUT2D eigenvalue weighted by molar-refractivity contribution is 0.100. The fraction of sp³-hybridized carbons (Fsp3) is 0.417. The molecule has 0 spiro atoms. The predicted octanol–water partition coefficient (Wildman–Crippen LogP) is 2.66. The molecule has 2 rings (SSSR count). The van der Waals surface area contributed by atoms with Crippen molar-refractivity contribution in [1.29, 1.82) is 0 Å². The zero-order valence-corrected chi connectivity index (χ0v) is 11.7. The Morgan fingerprint density at radius 3 is 2.72 bits per heavy atom. The molecule has 1 amide bonds. The summed E-state index contributed by atoms with van der Waals surface area (Å²) < 4.78 is 1.74. The summed E-state index contributed by atoms with van der Waals surface area (Å²) in [4.78, 5) is 16.2. The Morgan fingerprint density at radius 1 is 1.44 bits per heavy atom. The largest absolute Gasteiger partial charge is 0.297 e. The summed E-state index contributed by atoms with van der Waals surface area (Å²) in [5, 5.41) is 9.56. The molecule has 2 aromatic rings. The van der Waals surface area contributed by atoms with Crippen LogP contribution in [0.1, 0.15) is 37.0 Å². The van der Waals surface area contributed by atoms with E-state index in [0.29, 0.717) is 10.8 Å². The number of aromatic nitrogens is 3. The SMILES string of the molecule is Cc1cc(C(=O)Nc2nccs2)n(C(C)(C)C)n1. The van der Waals surface area contributed by atoms with Crippen LogP contribution in [0.2, 0.25) is 0 Å². The molecule has 0 bridgehead atoms. The van der Waals surface area contributed by atoms with E-state index in [1.54, 1.807) is 16.9 Å². The van der Waals surface area contributed by atoms with Gasteiger partial charge in [-0.15, -0.1) is 11.3 Å². The van der Waals surface area contributed by atoms with E-state index in [1.165, 1.54) is 11.3 Å². The van der Waals surface area contributed by atoms with Crippen LogP contribution in [0.3, 0.4) is 0 Å². The van der Waals surface area contributed by atoms with Crippen LogP contribution in [0.4, 0.5) is 5.13 Å². The Balaban J connectivity index is 2.30. The highest BCUT2D eigenvalue weighted by Gasteiger charge is 2.23. The molecule has 0 aromatic carbocycles. The van der Waals surface area contributed by atoms with E-state index in [1.807, 2.05) is 33.1 Å². The summed E-state index contributed by atoms with van der Waals surface area (Å²) >= 11 is 1.39. The van der Waals surface area contributed by atoms with Gasteiger partial charge < -0.3 is 0 Å². The summed E-state index contributed by atoms with van der Waals surface area (Å²) in [6.45, 7) is 7.92. The van der Waals surface area contributed by atoms with Crippen molar-refractivity contribution in [3.63, 3.8) is 0 Å². The molecule has 0 saturated heterocycles. The second-order valence-corrected chi connectivity index (χ2v) is 5.94. The zero-order valence-electron chi connectivity index (χ0n) is 10.9. The molecular formula is C12H16N4OS. The third kappa shape index (κ3) is 2.59. The van der Waals surface area contributed by atoms with Gasteiger partial charge in [0.05, 0.1) is 11.2 Å². The van der Waals surface area contributed by atoms with E-state index in [-0.39, 0.29) is 11.4 Å². The topological polar surface area (TPSA) is 59.8 Å². The van der Waals surface area contributed by atoms with Crippen LogP contribution in [-0.4, -0.2) is 20.7 Å². The minimum absolute atomic E-state index is 0.180. The van der Waals surface area contributed by atoms with Gasteiger partial charge in [-0.05, 0) is 33.8 Å². The van der Waals surface area contributed by atoms with Crippen molar-refractivity contribution in [2.75, 3.05) is 5.32 Å². The zero-order chi connectivity index (χ0) is 13.3. The molecule has 0 fully saturated rings. The van der Waals surface area contributed by atoms with E-state index in [2.05, 4.69) is 15.4 Å². The van der Waals surface area contributed by atoms with Gasteiger partial charge in [0, 0.05) is 11.6 Å². The van der Waals surface area contributed by atoms with Crippen LogP contribution in [0.25, 0.3) is 0 Å².